The fourth-order valence-corrected chi connectivity index (χ4v) is 3.97. The molecule has 9 heteroatoms. The van der Waals surface area contributed by atoms with Crippen LogP contribution < -0.4 is 5.32 Å². The van der Waals surface area contributed by atoms with Crippen molar-refractivity contribution < 1.29 is 38.5 Å². The Hall–Kier alpha value is -2.32. The third-order valence-electron chi connectivity index (χ3n) is 4.80. The number of methoxy groups -OCH3 is 1. The third kappa shape index (κ3) is 3.91. The molecule has 0 aromatic rings. The van der Waals surface area contributed by atoms with Gasteiger partial charge in [0.05, 0.1) is 7.11 Å². The Morgan fingerprint density at radius 2 is 1.85 bits per heavy atom. The molecule has 0 aromatic heterocycles. The second kappa shape index (κ2) is 6.77. The average Bonchev–Trinajstić information content (AvgIpc) is 3.07. The number of amides is 1. The largest absolute Gasteiger partial charge is 0.479 e. The molecule has 0 spiro atoms. The van der Waals surface area contributed by atoms with Gasteiger partial charge in [-0.2, -0.15) is 0 Å². The predicted octanol–water partition coefficient (Wildman–Crippen LogP) is 1.10. The van der Waals surface area contributed by atoms with Crippen LogP contribution in [0.5, 0.6) is 0 Å². The molecule has 0 heterocycles. The Bertz CT molecular complexity index is 625. The topological polar surface area (TPSA) is 128 Å². The summed E-state index contributed by atoms with van der Waals surface area (Å²) in [6.45, 7) is 6.22. The molecule has 0 saturated heterocycles. The highest BCUT2D eigenvalue weighted by Crippen LogP contribution is 2.64. The molecular formula is C17H25NO8. The molecule has 0 radical (unpaired) electrons. The van der Waals surface area contributed by atoms with Crippen LogP contribution in [0, 0.1) is 17.8 Å². The number of carbonyl (C=O) groups excluding carboxylic acids is 3. The lowest BCUT2D eigenvalue weighted by molar-refractivity contribution is -0.152. The van der Waals surface area contributed by atoms with Crippen molar-refractivity contribution in [3.8, 4) is 0 Å². The first kappa shape index (κ1) is 20.0. The van der Waals surface area contributed by atoms with Crippen molar-refractivity contribution in [2.75, 3.05) is 7.11 Å². The molecular weight excluding hydrogens is 346 g/mol. The van der Waals surface area contributed by atoms with Gasteiger partial charge < -0.3 is 24.6 Å². The Balaban J connectivity index is 2.26. The molecule has 2 fully saturated rings. The highest BCUT2D eigenvalue weighted by Gasteiger charge is 2.74. The van der Waals surface area contributed by atoms with Gasteiger partial charge in [0.2, 0.25) is 0 Å². The summed E-state index contributed by atoms with van der Waals surface area (Å²) < 4.78 is 15.1. The van der Waals surface area contributed by atoms with Crippen molar-refractivity contribution in [2.24, 2.45) is 17.8 Å². The minimum atomic E-state index is -1.66. The number of alkyl carbamates (subject to hydrolysis) is 1. The second-order valence-corrected chi connectivity index (χ2v) is 7.80. The van der Waals surface area contributed by atoms with E-state index in [1.54, 1.807) is 20.8 Å². The fraction of sp³-hybridized carbons (Fsp3) is 0.765. The van der Waals surface area contributed by atoms with Crippen LogP contribution in [0.1, 0.15) is 40.5 Å². The Morgan fingerprint density at radius 3 is 2.31 bits per heavy atom. The molecule has 0 unspecified atom stereocenters. The molecule has 2 aliphatic rings. The van der Waals surface area contributed by atoms with Crippen LogP contribution in [0.25, 0.3) is 0 Å². The molecule has 0 aromatic carbocycles. The molecule has 2 rings (SSSR count). The van der Waals surface area contributed by atoms with Crippen LogP contribution in [-0.2, 0) is 28.6 Å². The maximum atomic E-state index is 12.2. The lowest BCUT2D eigenvalue weighted by atomic mass is 9.88. The van der Waals surface area contributed by atoms with E-state index in [9.17, 15) is 24.3 Å². The molecule has 1 amide bonds. The summed E-state index contributed by atoms with van der Waals surface area (Å²) in [6.07, 6.45) is -1.65. The van der Waals surface area contributed by atoms with Crippen molar-refractivity contribution in [1.82, 2.24) is 5.32 Å². The average molecular weight is 371 g/mol. The van der Waals surface area contributed by atoms with Gasteiger partial charge in [-0.3, -0.25) is 9.59 Å². The van der Waals surface area contributed by atoms with Gasteiger partial charge in [-0.25, -0.2) is 9.59 Å². The molecule has 9 nitrogen and oxygen atoms in total. The summed E-state index contributed by atoms with van der Waals surface area (Å²) in [7, 11) is 1.24. The number of fused-ring (bicyclic) bond motifs is 1. The van der Waals surface area contributed by atoms with Crippen molar-refractivity contribution in [3.05, 3.63) is 0 Å². The van der Waals surface area contributed by atoms with Gasteiger partial charge in [-0.15, -0.1) is 0 Å². The van der Waals surface area contributed by atoms with Crippen molar-refractivity contribution >= 4 is 24.0 Å². The van der Waals surface area contributed by atoms with Gasteiger partial charge in [0.1, 0.15) is 17.2 Å². The first-order valence-corrected chi connectivity index (χ1v) is 8.40. The number of ether oxygens (including phenoxy) is 3. The Labute approximate surface area is 151 Å². The van der Waals surface area contributed by atoms with Gasteiger partial charge in [0.15, 0.2) is 0 Å². The zero-order valence-electron chi connectivity index (χ0n) is 15.5. The first-order valence-electron chi connectivity index (χ1n) is 8.40. The van der Waals surface area contributed by atoms with Crippen LogP contribution in [0.2, 0.25) is 0 Å². The second-order valence-electron chi connectivity index (χ2n) is 7.80. The maximum Gasteiger partial charge on any atom is 0.408 e. The standard InChI is InChI=1S/C17H25NO8/c1-8(19)25-10-7-17(14(21)22,18-15(23)26-16(2,3)4)13-9(12(10)13)6-11(20)24-5/h9-10,12-13H,6-7H2,1-5H3,(H,18,23)(H,21,22)/t9-,10-,12+,13+,17-/m0/s1. The number of aliphatic carboxylic acids is 1. The predicted molar refractivity (Wildman–Crippen MR) is 87.0 cm³/mol. The number of esters is 2. The summed E-state index contributed by atoms with van der Waals surface area (Å²) in [6, 6.07) is 0. The Kier molecular flexibility index (Phi) is 5.21. The van der Waals surface area contributed by atoms with E-state index in [-0.39, 0.29) is 24.7 Å². The number of carboxylic acid groups (broad SMARTS) is 1. The minimum absolute atomic E-state index is 0.00533. The van der Waals surface area contributed by atoms with E-state index in [1.165, 1.54) is 14.0 Å². The lowest BCUT2D eigenvalue weighted by Crippen LogP contribution is -2.57. The number of carboxylic acids is 1. The number of nitrogens with one attached hydrogen (secondary N) is 1. The van der Waals surface area contributed by atoms with E-state index >= 15 is 0 Å². The van der Waals surface area contributed by atoms with E-state index in [2.05, 4.69) is 10.1 Å². The van der Waals surface area contributed by atoms with Crippen molar-refractivity contribution in [1.29, 1.82) is 0 Å². The highest BCUT2D eigenvalue weighted by molar-refractivity contribution is 5.87. The maximum absolute atomic E-state index is 12.2. The van der Waals surface area contributed by atoms with Gasteiger partial charge in [0, 0.05) is 31.6 Å². The third-order valence-corrected chi connectivity index (χ3v) is 4.80. The zero-order chi connectivity index (χ0) is 19.9. The van der Waals surface area contributed by atoms with Crippen LogP contribution in [-0.4, -0.2) is 53.5 Å². The van der Waals surface area contributed by atoms with Gasteiger partial charge in [0.25, 0.3) is 0 Å². The summed E-state index contributed by atoms with van der Waals surface area (Å²) in [5.41, 5.74) is -2.46. The zero-order valence-corrected chi connectivity index (χ0v) is 15.5. The number of hydrogen-bond donors (Lipinski definition) is 2. The molecule has 5 atom stereocenters. The molecule has 0 bridgehead atoms. The van der Waals surface area contributed by atoms with Crippen LogP contribution in [0.3, 0.4) is 0 Å². The SMILES string of the molecule is COC(=O)C[C@H]1[C@H]2[C@@H]1[C@](NC(=O)OC(C)(C)C)(C(=O)O)C[C@@H]2OC(C)=O. The van der Waals surface area contributed by atoms with Crippen LogP contribution in [0.15, 0.2) is 0 Å². The van der Waals surface area contributed by atoms with E-state index in [1.807, 2.05) is 0 Å². The van der Waals surface area contributed by atoms with Crippen molar-refractivity contribution in [2.45, 2.75) is 57.8 Å². The van der Waals surface area contributed by atoms with Crippen molar-refractivity contribution in [3.63, 3.8) is 0 Å². The monoisotopic (exact) mass is 371 g/mol. The number of hydrogen-bond acceptors (Lipinski definition) is 7. The van der Waals surface area contributed by atoms with Gasteiger partial charge >= 0.3 is 24.0 Å². The summed E-state index contributed by atoms with van der Waals surface area (Å²) in [5, 5.41) is 12.3. The van der Waals surface area contributed by atoms with Crippen LogP contribution in [0.4, 0.5) is 4.79 Å². The van der Waals surface area contributed by atoms with E-state index in [0.29, 0.717) is 0 Å². The fourth-order valence-electron chi connectivity index (χ4n) is 3.97. The molecule has 2 N–H and O–H groups in total. The highest BCUT2D eigenvalue weighted by atomic mass is 16.6. The summed E-state index contributed by atoms with van der Waals surface area (Å²) >= 11 is 0. The minimum Gasteiger partial charge on any atom is -0.479 e. The van der Waals surface area contributed by atoms with E-state index < -0.39 is 47.2 Å². The summed E-state index contributed by atoms with van der Waals surface area (Å²) in [5.74, 6) is -3.51. The van der Waals surface area contributed by atoms with E-state index in [4.69, 9.17) is 9.47 Å². The molecule has 26 heavy (non-hydrogen) atoms. The van der Waals surface area contributed by atoms with Gasteiger partial charge in [-0.05, 0) is 26.7 Å². The quantitative estimate of drug-likeness (QED) is 0.543. The normalized spacial score (nSPS) is 32.2. The molecule has 2 aliphatic carbocycles. The summed E-state index contributed by atoms with van der Waals surface area (Å²) in [4.78, 5) is 47.3. The lowest BCUT2D eigenvalue weighted by Gasteiger charge is -2.31. The smallest absolute Gasteiger partial charge is 0.408 e. The first-order chi connectivity index (χ1) is 11.9. The van der Waals surface area contributed by atoms with Gasteiger partial charge in [-0.1, -0.05) is 0 Å². The number of rotatable bonds is 5. The molecule has 2 saturated carbocycles. The molecule has 146 valence electrons. The van der Waals surface area contributed by atoms with Crippen LogP contribution >= 0.6 is 0 Å². The molecule has 0 aliphatic heterocycles. The Morgan fingerprint density at radius 1 is 1.23 bits per heavy atom. The van der Waals surface area contributed by atoms with E-state index in [0.717, 1.165) is 0 Å². The number of carbonyl (C=O) groups is 4.